The highest BCUT2D eigenvalue weighted by Gasteiger charge is 2.03. The lowest BCUT2D eigenvalue weighted by molar-refractivity contribution is 0.624. The zero-order valence-electron chi connectivity index (χ0n) is 14.6. The van der Waals surface area contributed by atoms with Crippen molar-refractivity contribution in [2.45, 2.75) is 39.8 Å². The molecule has 1 heterocycles. The molecule has 0 aliphatic carbocycles. The third kappa shape index (κ3) is 6.47. The van der Waals surface area contributed by atoms with Crippen molar-refractivity contribution in [1.29, 1.82) is 0 Å². The molecule has 2 rings (SSSR count). The minimum atomic E-state index is 0. The number of hydrogen-bond donors (Lipinski definition) is 2. The zero-order valence-corrected chi connectivity index (χ0v) is 17.0. The topological polar surface area (TPSA) is 49.3 Å². The van der Waals surface area contributed by atoms with Gasteiger partial charge in [-0.3, -0.25) is 4.98 Å². The van der Waals surface area contributed by atoms with Crippen LogP contribution >= 0.6 is 24.0 Å². The average molecular weight is 438 g/mol. The number of aromatic nitrogens is 1. The summed E-state index contributed by atoms with van der Waals surface area (Å²) in [6.07, 6.45) is 2.89. The Morgan fingerprint density at radius 3 is 2.67 bits per heavy atom. The monoisotopic (exact) mass is 438 g/mol. The number of nitrogens with one attached hydrogen (secondary N) is 2. The lowest BCUT2D eigenvalue weighted by Gasteiger charge is -2.16. The van der Waals surface area contributed by atoms with Crippen LogP contribution in [0.25, 0.3) is 11.3 Å². The first-order chi connectivity index (χ1) is 11.2. The van der Waals surface area contributed by atoms with Crippen molar-refractivity contribution >= 4 is 29.9 Å². The van der Waals surface area contributed by atoms with E-state index < -0.39 is 0 Å². The molecular formula is C19H27IN4. The number of aliphatic imine (C=N–C) groups is 1. The molecule has 0 fully saturated rings. The zero-order chi connectivity index (χ0) is 16.5. The summed E-state index contributed by atoms with van der Waals surface area (Å²) in [6.45, 7) is 7.91. The summed E-state index contributed by atoms with van der Waals surface area (Å²) < 4.78 is 0. The fourth-order valence-corrected chi connectivity index (χ4v) is 2.19. The summed E-state index contributed by atoms with van der Waals surface area (Å²) in [6, 6.07) is 14.8. The predicted molar refractivity (Wildman–Crippen MR) is 113 cm³/mol. The molecule has 130 valence electrons. The predicted octanol–water partition coefficient (Wildman–Crippen LogP) is 4.22. The maximum absolute atomic E-state index is 4.68. The van der Waals surface area contributed by atoms with Crippen molar-refractivity contribution in [1.82, 2.24) is 15.6 Å². The van der Waals surface area contributed by atoms with Crippen LogP contribution in [-0.2, 0) is 6.54 Å². The molecule has 5 heteroatoms. The molecule has 0 saturated carbocycles. The molecular weight excluding hydrogens is 411 g/mol. The molecule has 24 heavy (non-hydrogen) atoms. The average Bonchev–Trinajstić information content (AvgIpc) is 2.61. The Balaban J connectivity index is 0.00000288. The molecule has 4 nitrogen and oxygen atoms in total. The maximum atomic E-state index is 4.68. The van der Waals surface area contributed by atoms with E-state index >= 15 is 0 Å². The summed E-state index contributed by atoms with van der Waals surface area (Å²) in [5.41, 5.74) is 3.29. The number of halogens is 1. The Hall–Kier alpha value is -1.63. The van der Waals surface area contributed by atoms with E-state index in [0.717, 1.165) is 30.2 Å². The molecule has 2 N–H and O–H groups in total. The first-order valence-corrected chi connectivity index (χ1v) is 8.28. The summed E-state index contributed by atoms with van der Waals surface area (Å²) >= 11 is 0. The Bertz CT molecular complexity index is 628. The van der Waals surface area contributed by atoms with E-state index in [0.29, 0.717) is 12.6 Å². The van der Waals surface area contributed by atoms with Crippen molar-refractivity contribution in [3.63, 3.8) is 0 Å². The number of rotatable bonds is 6. The van der Waals surface area contributed by atoms with Crippen LogP contribution in [-0.4, -0.2) is 23.5 Å². The van der Waals surface area contributed by atoms with Gasteiger partial charge in [0.15, 0.2) is 5.96 Å². The summed E-state index contributed by atoms with van der Waals surface area (Å²) in [4.78, 5) is 9.09. The van der Waals surface area contributed by atoms with Gasteiger partial charge in [-0.05, 0) is 44.0 Å². The number of hydrogen-bond acceptors (Lipinski definition) is 2. The van der Waals surface area contributed by atoms with Crippen LogP contribution in [0.2, 0.25) is 0 Å². The smallest absolute Gasteiger partial charge is 0.191 e. The van der Waals surface area contributed by atoms with Crippen LogP contribution in [0.1, 0.15) is 32.8 Å². The Morgan fingerprint density at radius 2 is 2.00 bits per heavy atom. The van der Waals surface area contributed by atoms with Gasteiger partial charge >= 0.3 is 0 Å². The van der Waals surface area contributed by atoms with Gasteiger partial charge in [-0.25, -0.2) is 4.99 Å². The van der Waals surface area contributed by atoms with Gasteiger partial charge < -0.3 is 10.6 Å². The molecule has 1 aromatic heterocycles. The Morgan fingerprint density at radius 1 is 1.17 bits per heavy atom. The maximum Gasteiger partial charge on any atom is 0.191 e. The van der Waals surface area contributed by atoms with Crippen molar-refractivity contribution in [2.24, 2.45) is 4.99 Å². The second-order valence-electron chi connectivity index (χ2n) is 5.56. The highest BCUT2D eigenvalue weighted by molar-refractivity contribution is 14.0. The van der Waals surface area contributed by atoms with Crippen molar-refractivity contribution in [3.05, 3.63) is 54.2 Å². The number of nitrogens with zero attached hydrogens (tertiary/aromatic N) is 2. The second kappa shape index (κ2) is 11.0. The lowest BCUT2D eigenvalue weighted by atomic mass is 10.1. The van der Waals surface area contributed by atoms with Crippen LogP contribution in [0, 0.1) is 0 Å². The van der Waals surface area contributed by atoms with Gasteiger partial charge in [0.05, 0.1) is 12.2 Å². The van der Waals surface area contributed by atoms with Gasteiger partial charge in [0.25, 0.3) is 0 Å². The molecule has 0 aliphatic rings. The van der Waals surface area contributed by atoms with E-state index in [1.807, 2.05) is 24.4 Å². The first-order valence-electron chi connectivity index (χ1n) is 8.28. The molecule has 0 bridgehead atoms. The Labute approximate surface area is 162 Å². The van der Waals surface area contributed by atoms with Crippen LogP contribution in [0.4, 0.5) is 0 Å². The van der Waals surface area contributed by atoms with E-state index in [-0.39, 0.29) is 24.0 Å². The molecule has 0 aliphatic heterocycles. The standard InChI is InChI=1S/C19H26N4.HI/c1-4-15(3)23-19(20-5-2)22-14-16-9-8-10-17(13-16)18-11-6-7-12-21-18;/h6-13,15H,4-5,14H2,1-3H3,(H2,20,22,23);1H. The molecule has 1 aromatic carbocycles. The van der Waals surface area contributed by atoms with E-state index in [1.54, 1.807) is 0 Å². The third-order valence-electron chi connectivity index (χ3n) is 3.65. The largest absolute Gasteiger partial charge is 0.357 e. The highest BCUT2D eigenvalue weighted by atomic mass is 127. The van der Waals surface area contributed by atoms with Gasteiger partial charge in [-0.15, -0.1) is 24.0 Å². The van der Waals surface area contributed by atoms with Gasteiger partial charge in [0.1, 0.15) is 0 Å². The van der Waals surface area contributed by atoms with Crippen LogP contribution in [0.5, 0.6) is 0 Å². The molecule has 0 amide bonds. The third-order valence-corrected chi connectivity index (χ3v) is 3.65. The number of pyridine rings is 1. The van der Waals surface area contributed by atoms with Crippen molar-refractivity contribution < 1.29 is 0 Å². The van der Waals surface area contributed by atoms with E-state index in [2.05, 4.69) is 65.6 Å². The van der Waals surface area contributed by atoms with Gasteiger partial charge in [-0.1, -0.05) is 31.2 Å². The fourth-order valence-electron chi connectivity index (χ4n) is 2.19. The number of guanidine groups is 1. The molecule has 2 aromatic rings. The van der Waals surface area contributed by atoms with E-state index in [4.69, 9.17) is 0 Å². The molecule has 0 spiro atoms. The fraction of sp³-hybridized carbons (Fsp3) is 0.368. The molecule has 0 saturated heterocycles. The van der Waals surface area contributed by atoms with E-state index in [9.17, 15) is 0 Å². The van der Waals surface area contributed by atoms with Crippen LogP contribution in [0.3, 0.4) is 0 Å². The molecule has 0 radical (unpaired) electrons. The van der Waals surface area contributed by atoms with Crippen LogP contribution < -0.4 is 10.6 Å². The second-order valence-corrected chi connectivity index (χ2v) is 5.56. The SMILES string of the molecule is CCNC(=NCc1cccc(-c2ccccn2)c1)NC(C)CC.I. The molecule has 1 unspecified atom stereocenters. The number of benzene rings is 1. The first kappa shape index (κ1) is 20.4. The minimum Gasteiger partial charge on any atom is -0.357 e. The van der Waals surface area contributed by atoms with E-state index in [1.165, 1.54) is 5.56 Å². The van der Waals surface area contributed by atoms with Gasteiger partial charge in [0.2, 0.25) is 0 Å². The van der Waals surface area contributed by atoms with Crippen molar-refractivity contribution in [3.8, 4) is 11.3 Å². The summed E-state index contributed by atoms with van der Waals surface area (Å²) in [5.74, 6) is 0.866. The quantitative estimate of drug-likeness (QED) is 0.404. The Kier molecular flexibility index (Phi) is 9.37. The van der Waals surface area contributed by atoms with Gasteiger partial charge in [0, 0.05) is 24.3 Å². The minimum absolute atomic E-state index is 0. The normalized spacial score (nSPS) is 12.2. The lowest BCUT2D eigenvalue weighted by Crippen LogP contribution is -2.41. The van der Waals surface area contributed by atoms with Crippen LogP contribution in [0.15, 0.2) is 53.7 Å². The highest BCUT2D eigenvalue weighted by Crippen LogP contribution is 2.18. The van der Waals surface area contributed by atoms with Crippen molar-refractivity contribution in [2.75, 3.05) is 6.54 Å². The summed E-state index contributed by atoms with van der Waals surface area (Å²) in [7, 11) is 0. The summed E-state index contributed by atoms with van der Waals surface area (Å²) in [5, 5.41) is 6.70. The van der Waals surface area contributed by atoms with Gasteiger partial charge in [-0.2, -0.15) is 0 Å². The molecule has 1 atom stereocenters.